The molecule has 7 nitrogen and oxygen atoms in total. The van der Waals surface area contributed by atoms with E-state index in [1.165, 1.54) is 29.5 Å². The monoisotopic (exact) mass is 306 g/mol. The lowest BCUT2D eigenvalue weighted by molar-refractivity contribution is -0.384. The topological polar surface area (TPSA) is 111 Å². The summed E-state index contributed by atoms with van der Waals surface area (Å²) in [6.45, 7) is 2.30. The van der Waals surface area contributed by atoms with Crippen LogP contribution in [0.4, 0.5) is 11.4 Å². The Hall–Kier alpha value is -2.48. The number of non-ortho nitro benzene ring substituents is 1. The number of nitro benzene ring substituents is 1. The highest BCUT2D eigenvalue weighted by Crippen LogP contribution is 2.19. The maximum absolute atomic E-state index is 12.0. The molecular weight excluding hydrogens is 292 g/mol. The number of anilines is 1. The van der Waals surface area contributed by atoms with Gasteiger partial charge in [0.05, 0.1) is 15.5 Å². The second-order valence-electron chi connectivity index (χ2n) is 4.42. The van der Waals surface area contributed by atoms with Crippen molar-refractivity contribution in [2.75, 3.05) is 12.3 Å². The third-order valence-electron chi connectivity index (χ3n) is 2.78. The highest BCUT2D eigenvalue weighted by molar-refractivity contribution is 7.09. The summed E-state index contributed by atoms with van der Waals surface area (Å²) < 4.78 is 0. The van der Waals surface area contributed by atoms with Crippen molar-refractivity contribution in [3.63, 3.8) is 0 Å². The number of nitrogens with zero attached hydrogens (tertiary/aromatic N) is 2. The van der Waals surface area contributed by atoms with E-state index in [1.54, 1.807) is 0 Å². The molecule has 2 aromatic rings. The molecule has 0 aliphatic rings. The summed E-state index contributed by atoms with van der Waals surface area (Å²) >= 11 is 1.53. The van der Waals surface area contributed by atoms with E-state index in [-0.39, 0.29) is 16.9 Å². The van der Waals surface area contributed by atoms with Crippen molar-refractivity contribution >= 4 is 28.6 Å². The quantitative estimate of drug-likeness (QED) is 0.498. The van der Waals surface area contributed by atoms with Crippen LogP contribution in [0.3, 0.4) is 0 Å². The Morgan fingerprint density at radius 1 is 1.52 bits per heavy atom. The van der Waals surface area contributed by atoms with Crippen molar-refractivity contribution in [1.29, 1.82) is 0 Å². The number of carbonyl (C=O) groups excluding carboxylic acids is 1. The number of thiazole rings is 1. The first-order valence-electron chi connectivity index (χ1n) is 6.20. The van der Waals surface area contributed by atoms with Gasteiger partial charge in [-0.2, -0.15) is 0 Å². The van der Waals surface area contributed by atoms with Gasteiger partial charge in [-0.3, -0.25) is 14.9 Å². The van der Waals surface area contributed by atoms with Crippen LogP contribution in [0.25, 0.3) is 0 Å². The molecule has 1 aromatic carbocycles. The lowest BCUT2D eigenvalue weighted by atomic mass is 10.1. The first-order chi connectivity index (χ1) is 9.97. The minimum absolute atomic E-state index is 0.111. The fraction of sp³-hybridized carbons (Fsp3) is 0.231. The average Bonchev–Trinajstić information content (AvgIpc) is 2.84. The van der Waals surface area contributed by atoms with E-state index in [1.807, 2.05) is 12.3 Å². The Morgan fingerprint density at radius 3 is 2.90 bits per heavy atom. The summed E-state index contributed by atoms with van der Waals surface area (Å²) in [7, 11) is 0. The van der Waals surface area contributed by atoms with Crippen LogP contribution in [0.1, 0.15) is 21.1 Å². The molecule has 0 aliphatic heterocycles. The Bertz CT molecular complexity index is 684. The largest absolute Gasteiger partial charge is 0.398 e. The van der Waals surface area contributed by atoms with Gasteiger partial charge in [0, 0.05) is 41.9 Å². The number of nitro groups is 1. The Labute approximate surface area is 125 Å². The van der Waals surface area contributed by atoms with Gasteiger partial charge in [0.25, 0.3) is 11.6 Å². The van der Waals surface area contributed by atoms with E-state index in [0.29, 0.717) is 13.0 Å². The maximum atomic E-state index is 12.0. The summed E-state index contributed by atoms with van der Waals surface area (Å²) in [6, 6.07) is 3.81. The van der Waals surface area contributed by atoms with Crippen LogP contribution < -0.4 is 11.1 Å². The molecule has 0 fully saturated rings. The van der Waals surface area contributed by atoms with Crippen molar-refractivity contribution in [3.8, 4) is 0 Å². The van der Waals surface area contributed by atoms with Crippen LogP contribution in [-0.2, 0) is 6.42 Å². The molecule has 0 atom stereocenters. The normalized spacial score (nSPS) is 10.3. The summed E-state index contributed by atoms with van der Waals surface area (Å²) in [5.74, 6) is -0.426. The number of aryl methyl sites for hydroxylation is 1. The number of rotatable bonds is 5. The van der Waals surface area contributed by atoms with E-state index in [4.69, 9.17) is 5.73 Å². The molecule has 110 valence electrons. The van der Waals surface area contributed by atoms with Crippen molar-refractivity contribution in [3.05, 3.63) is 50.0 Å². The zero-order valence-electron chi connectivity index (χ0n) is 11.3. The summed E-state index contributed by atoms with van der Waals surface area (Å²) in [5.41, 5.74) is 6.79. The first-order valence-corrected chi connectivity index (χ1v) is 7.08. The number of nitrogen functional groups attached to an aromatic ring is 1. The van der Waals surface area contributed by atoms with Crippen molar-refractivity contribution in [1.82, 2.24) is 10.3 Å². The van der Waals surface area contributed by atoms with Crippen LogP contribution >= 0.6 is 11.3 Å². The highest BCUT2D eigenvalue weighted by Gasteiger charge is 2.15. The van der Waals surface area contributed by atoms with Gasteiger partial charge in [-0.05, 0) is 13.0 Å². The number of benzene rings is 1. The Balaban J connectivity index is 1.99. The van der Waals surface area contributed by atoms with Crippen molar-refractivity contribution in [2.45, 2.75) is 13.3 Å². The Kier molecular flexibility index (Phi) is 4.49. The minimum Gasteiger partial charge on any atom is -0.398 e. The summed E-state index contributed by atoms with van der Waals surface area (Å²) in [5, 5.41) is 16.3. The molecule has 8 heteroatoms. The second-order valence-corrected chi connectivity index (χ2v) is 5.36. The lowest BCUT2D eigenvalue weighted by Gasteiger charge is -2.06. The van der Waals surface area contributed by atoms with Crippen LogP contribution in [0, 0.1) is 17.0 Å². The standard InChI is InChI=1S/C13H14N4O3S/c1-8-7-21-12(16-8)4-5-15-13(18)10-6-9(17(19)20)2-3-11(10)14/h2-3,6-7H,4-5,14H2,1H3,(H,15,18). The molecule has 2 rings (SSSR count). The SMILES string of the molecule is Cc1csc(CCNC(=O)c2cc([N+](=O)[O-])ccc2N)n1. The minimum atomic E-state index is -0.561. The molecule has 1 amide bonds. The van der Waals surface area contributed by atoms with Gasteiger partial charge in [-0.1, -0.05) is 0 Å². The molecule has 0 saturated carbocycles. The Morgan fingerprint density at radius 2 is 2.29 bits per heavy atom. The highest BCUT2D eigenvalue weighted by atomic mass is 32.1. The molecule has 0 radical (unpaired) electrons. The van der Waals surface area contributed by atoms with Crippen molar-refractivity contribution in [2.24, 2.45) is 0 Å². The van der Waals surface area contributed by atoms with Gasteiger partial charge in [-0.25, -0.2) is 4.98 Å². The smallest absolute Gasteiger partial charge is 0.270 e. The van der Waals surface area contributed by atoms with Gasteiger partial charge in [0.1, 0.15) is 0 Å². The van der Waals surface area contributed by atoms with Crippen LogP contribution in [0.2, 0.25) is 0 Å². The fourth-order valence-corrected chi connectivity index (χ4v) is 2.53. The first kappa shape index (κ1) is 14.9. The molecule has 1 heterocycles. The molecule has 0 unspecified atom stereocenters. The summed E-state index contributed by atoms with van der Waals surface area (Å²) in [6.07, 6.45) is 0.610. The molecule has 0 saturated heterocycles. The van der Waals surface area contributed by atoms with E-state index < -0.39 is 10.8 Å². The van der Waals surface area contributed by atoms with E-state index in [9.17, 15) is 14.9 Å². The van der Waals surface area contributed by atoms with E-state index in [2.05, 4.69) is 10.3 Å². The van der Waals surface area contributed by atoms with Gasteiger partial charge in [0.15, 0.2) is 0 Å². The zero-order valence-corrected chi connectivity index (χ0v) is 12.1. The number of carbonyl (C=O) groups is 1. The summed E-state index contributed by atoms with van der Waals surface area (Å²) in [4.78, 5) is 26.4. The van der Waals surface area contributed by atoms with Crippen LogP contribution in [0.5, 0.6) is 0 Å². The molecule has 3 N–H and O–H groups in total. The fourth-order valence-electron chi connectivity index (χ4n) is 1.75. The predicted octanol–water partition coefficient (Wildman–Crippen LogP) is 1.91. The molecular formula is C13H14N4O3S. The van der Waals surface area contributed by atoms with Gasteiger partial charge >= 0.3 is 0 Å². The van der Waals surface area contributed by atoms with Gasteiger partial charge in [0.2, 0.25) is 0 Å². The van der Waals surface area contributed by atoms with Crippen molar-refractivity contribution < 1.29 is 9.72 Å². The molecule has 1 aromatic heterocycles. The van der Waals surface area contributed by atoms with Gasteiger partial charge in [-0.15, -0.1) is 11.3 Å². The predicted molar refractivity (Wildman–Crippen MR) is 80.4 cm³/mol. The molecule has 21 heavy (non-hydrogen) atoms. The molecule has 0 bridgehead atoms. The molecule has 0 spiro atoms. The van der Waals surface area contributed by atoms with Crippen LogP contribution in [0.15, 0.2) is 23.6 Å². The van der Waals surface area contributed by atoms with Gasteiger partial charge < -0.3 is 11.1 Å². The van der Waals surface area contributed by atoms with Crippen LogP contribution in [-0.4, -0.2) is 22.4 Å². The second kappa shape index (κ2) is 6.31. The number of hydrogen-bond donors (Lipinski definition) is 2. The third-order valence-corrected chi connectivity index (χ3v) is 3.81. The zero-order chi connectivity index (χ0) is 15.4. The number of hydrogen-bond acceptors (Lipinski definition) is 6. The third kappa shape index (κ3) is 3.76. The van der Waals surface area contributed by atoms with E-state index in [0.717, 1.165) is 10.7 Å². The molecule has 0 aliphatic carbocycles. The number of amides is 1. The van der Waals surface area contributed by atoms with E-state index >= 15 is 0 Å². The average molecular weight is 306 g/mol. The maximum Gasteiger partial charge on any atom is 0.270 e. The number of nitrogens with one attached hydrogen (secondary N) is 1. The number of aromatic nitrogens is 1. The number of nitrogens with two attached hydrogens (primary N) is 1. The lowest BCUT2D eigenvalue weighted by Crippen LogP contribution is -2.26.